The quantitative estimate of drug-likeness (QED) is 0.148. The monoisotopic (exact) mass is 1090 g/mol. The molecule has 0 aliphatic carbocycles. The van der Waals surface area contributed by atoms with Crippen molar-refractivity contribution in [2.75, 3.05) is 19.6 Å². The average molecular weight is 1090 g/mol. The van der Waals surface area contributed by atoms with Crippen molar-refractivity contribution in [1.29, 1.82) is 0 Å². The van der Waals surface area contributed by atoms with E-state index >= 15 is 0 Å². The Balaban J connectivity index is 0.955. The van der Waals surface area contributed by atoms with Crippen LogP contribution in [-0.2, 0) is 0 Å². The second-order valence-corrected chi connectivity index (χ2v) is 23.2. The highest BCUT2D eigenvalue weighted by Crippen LogP contribution is 2.51. The minimum absolute atomic E-state index is 0.119. The fourth-order valence-corrected chi connectivity index (χ4v) is 15.4. The Morgan fingerprint density at radius 2 is 0.628 bits per heavy atom. The summed E-state index contributed by atoms with van der Waals surface area (Å²) in [6.45, 7) is -0.256. The van der Waals surface area contributed by atoms with Gasteiger partial charge in [0, 0.05) is 95.3 Å². The first kappa shape index (κ1) is 47.3. The van der Waals surface area contributed by atoms with E-state index in [0.717, 1.165) is 62.6 Å². The van der Waals surface area contributed by atoms with Crippen LogP contribution in [0.4, 0.5) is 68.2 Å². The number of rotatable bonds is 7. The predicted molar refractivity (Wildman–Crippen MR) is 363 cm³/mol. The molecule has 0 radical (unpaired) electrons. The van der Waals surface area contributed by atoms with E-state index in [2.05, 4.69) is 332 Å². The van der Waals surface area contributed by atoms with Gasteiger partial charge in [0.25, 0.3) is 13.4 Å². The molecule has 0 atom stereocenters. The Morgan fingerprint density at radius 3 is 1.19 bits per heavy atom. The molecule has 13 aromatic carbocycles. The van der Waals surface area contributed by atoms with Crippen LogP contribution in [0.3, 0.4) is 0 Å². The molecule has 19 rings (SSSR count). The van der Waals surface area contributed by atoms with E-state index in [-0.39, 0.29) is 13.4 Å². The highest BCUT2D eigenvalue weighted by atomic mass is 15.2. The molecule has 398 valence electrons. The highest BCUT2D eigenvalue weighted by molar-refractivity contribution is 7.03. The second-order valence-electron chi connectivity index (χ2n) is 23.2. The first-order valence-electron chi connectivity index (χ1n) is 29.8. The topological polar surface area (TPSA) is 22.8 Å². The first-order valence-corrected chi connectivity index (χ1v) is 29.8. The van der Waals surface area contributed by atoms with Gasteiger partial charge in [-0.2, -0.15) is 0 Å². The third kappa shape index (κ3) is 6.58. The van der Waals surface area contributed by atoms with Crippen LogP contribution < -0.4 is 52.4 Å². The zero-order valence-corrected chi connectivity index (χ0v) is 46.7. The smallest absolute Gasteiger partial charge is 0.252 e. The minimum Gasteiger partial charge on any atom is -0.311 e. The normalized spacial score (nSPS) is 13.2. The Labute approximate surface area is 498 Å². The van der Waals surface area contributed by atoms with Crippen molar-refractivity contribution in [3.8, 4) is 11.4 Å². The van der Waals surface area contributed by atoms with Crippen LogP contribution in [0.2, 0.25) is 0 Å². The molecule has 4 aliphatic heterocycles. The van der Waals surface area contributed by atoms with Gasteiger partial charge < -0.3 is 28.7 Å². The molecule has 2 aromatic heterocycles. The number of aromatic nitrogens is 2. The molecule has 6 nitrogen and oxygen atoms in total. The van der Waals surface area contributed by atoms with Gasteiger partial charge in [-0.25, -0.2) is 0 Å². The maximum atomic E-state index is 2.65. The number of para-hydroxylation sites is 10. The van der Waals surface area contributed by atoms with E-state index in [4.69, 9.17) is 0 Å². The molecule has 0 amide bonds. The Hall–Kier alpha value is -11.2. The van der Waals surface area contributed by atoms with Gasteiger partial charge in [-0.05, 0) is 148 Å². The number of nitrogens with zero attached hydrogens (tertiary/aromatic N) is 6. The van der Waals surface area contributed by atoms with E-state index in [1.54, 1.807) is 0 Å². The molecule has 0 N–H and O–H groups in total. The number of hydrogen-bond acceptors (Lipinski definition) is 4. The molecule has 0 saturated heterocycles. The zero-order chi connectivity index (χ0) is 56.1. The van der Waals surface area contributed by atoms with E-state index in [1.807, 2.05) is 0 Å². The summed E-state index contributed by atoms with van der Waals surface area (Å²) < 4.78 is 5.10. The molecule has 8 heteroatoms. The molecule has 15 aromatic rings. The molecular formula is C78H50B2N6. The lowest BCUT2D eigenvalue weighted by molar-refractivity contribution is 1.13. The molecule has 0 spiro atoms. The number of hydrogen-bond donors (Lipinski definition) is 0. The maximum Gasteiger partial charge on any atom is 0.252 e. The van der Waals surface area contributed by atoms with Gasteiger partial charge in [-0.1, -0.05) is 188 Å². The van der Waals surface area contributed by atoms with Gasteiger partial charge in [0.05, 0.1) is 27.9 Å². The first-order chi connectivity index (χ1) is 42.7. The summed E-state index contributed by atoms with van der Waals surface area (Å²) in [6, 6.07) is 113. The fraction of sp³-hybridized carbons (Fsp3) is 0. The average Bonchev–Trinajstić information content (AvgIpc) is 1.10. The summed E-state index contributed by atoms with van der Waals surface area (Å²) in [5.74, 6) is 0. The molecular weight excluding hydrogens is 1040 g/mol. The SMILES string of the molecule is c1ccc(N(c2ccccc2)c2cc3c4c(c2)N(c2ccccc2)c2cc5c(cc2B4c2ccccc2N3c2ccccc2)B2c3c(cc(-n4c6ccccc6c6ccccc64)cc3-n3c4ccccc4c4cccc2c43)N5c2ccccc2)cc1. The summed E-state index contributed by atoms with van der Waals surface area (Å²) >= 11 is 0. The third-order valence-corrected chi connectivity index (χ3v) is 18.8. The van der Waals surface area contributed by atoms with E-state index in [0.29, 0.717) is 0 Å². The van der Waals surface area contributed by atoms with Crippen LogP contribution >= 0.6 is 0 Å². The Kier molecular flexibility index (Phi) is 9.98. The largest absolute Gasteiger partial charge is 0.311 e. The lowest BCUT2D eigenvalue weighted by atomic mass is 9.30. The van der Waals surface area contributed by atoms with Crippen molar-refractivity contribution in [2.45, 2.75) is 0 Å². The van der Waals surface area contributed by atoms with Crippen LogP contribution in [0.1, 0.15) is 0 Å². The van der Waals surface area contributed by atoms with Gasteiger partial charge in [-0.3, -0.25) is 0 Å². The van der Waals surface area contributed by atoms with Gasteiger partial charge in [0.15, 0.2) is 0 Å². The van der Waals surface area contributed by atoms with Crippen LogP contribution in [0, 0.1) is 0 Å². The zero-order valence-electron chi connectivity index (χ0n) is 46.7. The summed E-state index contributed by atoms with van der Waals surface area (Å²) in [5, 5.41) is 5.00. The van der Waals surface area contributed by atoms with E-state index in [9.17, 15) is 0 Å². The highest BCUT2D eigenvalue weighted by Gasteiger charge is 2.48. The Bertz CT molecular complexity index is 5190. The van der Waals surface area contributed by atoms with Crippen LogP contribution in [0.5, 0.6) is 0 Å². The van der Waals surface area contributed by atoms with Crippen molar-refractivity contribution in [3.63, 3.8) is 0 Å². The van der Waals surface area contributed by atoms with Crippen LogP contribution in [0.25, 0.3) is 55.0 Å². The van der Waals surface area contributed by atoms with Gasteiger partial charge in [0.1, 0.15) is 0 Å². The molecule has 6 heterocycles. The molecule has 0 fully saturated rings. The van der Waals surface area contributed by atoms with Crippen molar-refractivity contribution < 1.29 is 0 Å². The summed E-state index contributed by atoms with van der Waals surface area (Å²) in [6.07, 6.45) is 0. The van der Waals surface area contributed by atoms with E-state index < -0.39 is 0 Å². The summed E-state index contributed by atoms with van der Waals surface area (Å²) in [5.41, 5.74) is 28.3. The number of benzene rings is 13. The molecule has 86 heavy (non-hydrogen) atoms. The number of fused-ring (bicyclic) bond motifs is 14. The molecule has 0 saturated carbocycles. The van der Waals surface area contributed by atoms with Crippen LogP contribution in [-0.4, -0.2) is 22.6 Å². The van der Waals surface area contributed by atoms with Crippen molar-refractivity contribution in [3.05, 3.63) is 303 Å². The second kappa shape index (κ2) is 18.1. The third-order valence-electron chi connectivity index (χ3n) is 18.8. The fourth-order valence-electron chi connectivity index (χ4n) is 15.4. The van der Waals surface area contributed by atoms with Crippen LogP contribution in [0.15, 0.2) is 303 Å². The standard InChI is InChI=1S/C78H50B2N6/c1-6-25-51(26-7-1)81(52-27-8-2-9-28-52)56-45-72-76-73(46-56)83(54-31-12-4-13-32-54)70-50-71-65(49-64(70)79(76)62-39-19-23-44-69(62)82(72)53-29-10-3-11-30-53)80-63-40-24-38-61-60-37-18-22-43-68(60)86(78(61)63)75-48-57(47-74(77(75)80)84(71)55-33-14-5-15-34-55)85-66-41-20-16-35-58(66)59-36-17-21-42-67(59)85/h1-50H. The lowest BCUT2D eigenvalue weighted by Gasteiger charge is -2.46. The lowest BCUT2D eigenvalue weighted by Crippen LogP contribution is -2.65. The van der Waals surface area contributed by atoms with Gasteiger partial charge >= 0.3 is 0 Å². The van der Waals surface area contributed by atoms with Crippen molar-refractivity contribution in [1.82, 2.24) is 9.13 Å². The van der Waals surface area contributed by atoms with Crippen molar-refractivity contribution in [2.24, 2.45) is 0 Å². The minimum atomic E-state index is -0.137. The molecule has 0 unspecified atom stereocenters. The molecule has 4 aliphatic rings. The van der Waals surface area contributed by atoms with Gasteiger partial charge in [0.2, 0.25) is 0 Å². The molecule has 0 bridgehead atoms. The van der Waals surface area contributed by atoms with E-state index in [1.165, 1.54) is 93.5 Å². The summed E-state index contributed by atoms with van der Waals surface area (Å²) in [7, 11) is 0. The van der Waals surface area contributed by atoms with Crippen molar-refractivity contribution >= 4 is 158 Å². The van der Waals surface area contributed by atoms with Gasteiger partial charge in [-0.15, -0.1) is 0 Å². The predicted octanol–water partition coefficient (Wildman–Crippen LogP) is 16.0. The Morgan fingerprint density at radius 1 is 0.233 bits per heavy atom. The maximum absolute atomic E-state index is 2.65. The summed E-state index contributed by atoms with van der Waals surface area (Å²) in [4.78, 5) is 10.1. The number of anilines is 12.